The van der Waals surface area contributed by atoms with E-state index in [-0.39, 0.29) is 29.6 Å². The molecule has 1 fully saturated rings. The monoisotopic (exact) mass is 676 g/mol. The number of carbonyl (C=O) groups excluding carboxylic acids is 1. The Morgan fingerprint density at radius 3 is 2.64 bits per heavy atom. The van der Waals surface area contributed by atoms with Gasteiger partial charge in [-0.3, -0.25) is 28.8 Å². The fourth-order valence-corrected chi connectivity index (χ4v) is 6.01. The summed E-state index contributed by atoms with van der Waals surface area (Å²) in [6.45, 7) is 1.83. The molecule has 1 saturated carbocycles. The van der Waals surface area contributed by atoms with Crippen molar-refractivity contribution in [3.8, 4) is 11.4 Å². The number of rotatable bonds is 8. The number of aromatic nitrogens is 4. The second-order valence-electron chi connectivity index (χ2n) is 11.0. The topological polar surface area (TPSA) is 94.3 Å². The Morgan fingerprint density at radius 2 is 1.86 bits per heavy atom. The van der Waals surface area contributed by atoms with Crippen molar-refractivity contribution >= 4 is 44.5 Å². The summed E-state index contributed by atoms with van der Waals surface area (Å²) in [5, 5.41) is 3.47. The molecule has 7 rings (SSSR count). The van der Waals surface area contributed by atoms with Crippen molar-refractivity contribution in [1.29, 1.82) is 0 Å². The summed E-state index contributed by atoms with van der Waals surface area (Å²) in [7, 11) is 0. The highest BCUT2D eigenvalue weighted by Crippen LogP contribution is 2.29. The largest absolute Gasteiger partial charge is 0.490 e. The SMILES string of the molecule is O=C(NCc1c(F)ccc2nccnc12)c1c2n(c(=O)n1-c1ccc(OC3CC3)cc1)CCN(Cc1ccc(Br)c(Cl)c1)C2. The van der Waals surface area contributed by atoms with Gasteiger partial charge in [0.25, 0.3) is 5.91 Å². The summed E-state index contributed by atoms with van der Waals surface area (Å²) in [6.07, 6.45) is 5.31. The van der Waals surface area contributed by atoms with Crippen LogP contribution < -0.4 is 15.7 Å². The van der Waals surface area contributed by atoms with Gasteiger partial charge >= 0.3 is 5.69 Å². The van der Waals surface area contributed by atoms with Crippen molar-refractivity contribution in [2.24, 2.45) is 0 Å². The first-order valence-corrected chi connectivity index (χ1v) is 15.5. The van der Waals surface area contributed by atoms with Gasteiger partial charge in [-0.05, 0) is 82.9 Å². The summed E-state index contributed by atoms with van der Waals surface area (Å²) in [5.74, 6) is -0.283. The highest BCUT2D eigenvalue weighted by molar-refractivity contribution is 9.10. The van der Waals surface area contributed by atoms with Crippen LogP contribution in [0, 0.1) is 5.82 Å². The minimum atomic E-state index is -0.500. The van der Waals surface area contributed by atoms with Crippen molar-refractivity contribution < 1.29 is 13.9 Å². The zero-order valence-corrected chi connectivity index (χ0v) is 25.8. The Balaban J connectivity index is 1.24. The summed E-state index contributed by atoms with van der Waals surface area (Å²) < 4.78 is 24.7. The second kappa shape index (κ2) is 11.8. The third kappa shape index (κ3) is 5.62. The number of hydrogen-bond donors (Lipinski definition) is 1. The van der Waals surface area contributed by atoms with E-state index in [4.69, 9.17) is 16.3 Å². The summed E-state index contributed by atoms with van der Waals surface area (Å²) in [6, 6.07) is 15.8. The molecule has 3 heterocycles. The molecular formula is C32H27BrClFN6O3. The molecule has 0 saturated heterocycles. The molecule has 5 aromatic rings. The Morgan fingerprint density at radius 1 is 1.07 bits per heavy atom. The van der Waals surface area contributed by atoms with Crippen molar-refractivity contribution in [2.45, 2.75) is 45.1 Å². The lowest BCUT2D eigenvalue weighted by Crippen LogP contribution is -2.37. The van der Waals surface area contributed by atoms with Crippen LogP contribution >= 0.6 is 27.5 Å². The molecule has 224 valence electrons. The Kier molecular flexibility index (Phi) is 7.69. The van der Waals surface area contributed by atoms with Crippen molar-refractivity contribution in [2.75, 3.05) is 6.54 Å². The number of imidazole rings is 1. The van der Waals surface area contributed by atoms with E-state index in [9.17, 15) is 14.0 Å². The van der Waals surface area contributed by atoms with Gasteiger partial charge < -0.3 is 10.1 Å². The third-order valence-corrected chi connectivity index (χ3v) is 9.13. The molecular weight excluding hydrogens is 651 g/mol. The zero-order valence-electron chi connectivity index (χ0n) is 23.5. The van der Waals surface area contributed by atoms with Gasteiger partial charge in [-0.25, -0.2) is 9.18 Å². The van der Waals surface area contributed by atoms with Crippen LogP contribution in [0.15, 0.2) is 76.3 Å². The van der Waals surface area contributed by atoms with Crippen LogP contribution in [0.4, 0.5) is 4.39 Å². The van der Waals surface area contributed by atoms with Gasteiger partial charge in [-0.1, -0.05) is 17.7 Å². The van der Waals surface area contributed by atoms with E-state index >= 15 is 0 Å². The lowest BCUT2D eigenvalue weighted by Gasteiger charge is -2.28. The lowest BCUT2D eigenvalue weighted by atomic mass is 10.1. The number of nitrogens with zero attached hydrogens (tertiary/aromatic N) is 5. The van der Waals surface area contributed by atoms with Crippen molar-refractivity contribution in [3.63, 3.8) is 0 Å². The van der Waals surface area contributed by atoms with Gasteiger partial charge in [0.1, 0.15) is 17.3 Å². The fraction of sp³-hybridized carbons (Fsp3) is 0.250. The predicted molar refractivity (Wildman–Crippen MR) is 168 cm³/mol. The van der Waals surface area contributed by atoms with Crippen molar-refractivity contribution in [1.82, 2.24) is 29.3 Å². The van der Waals surface area contributed by atoms with E-state index in [2.05, 4.69) is 36.1 Å². The van der Waals surface area contributed by atoms with Gasteiger partial charge in [0.05, 0.1) is 33.5 Å². The maximum atomic E-state index is 14.9. The summed E-state index contributed by atoms with van der Waals surface area (Å²) in [4.78, 5) is 38.6. The molecule has 1 aliphatic carbocycles. The van der Waals surface area contributed by atoms with E-state index < -0.39 is 11.7 Å². The average Bonchev–Trinajstić information content (AvgIpc) is 3.80. The molecule has 2 aliphatic rings. The molecule has 1 aliphatic heterocycles. The average molecular weight is 678 g/mol. The van der Waals surface area contributed by atoms with Gasteiger partial charge in [0.15, 0.2) is 0 Å². The van der Waals surface area contributed by atoms with Crippen LogP contribution in [0.2, 0.25) is 5.02 Å². The predicted octanol–water partition coefficient (Wildman–Crippen LogP) is 5.62. The van der Waals surface area contributed by atoms with Gasteiger partial charge in [-0.15, -0.1) is 0 Å². The molecule has 0 radical (unpaired) electrons. The van der Waals surface area contributed by atoms with Gasteiger partial charge in [0, 0.05) is 55.2 Å². The van der Waals surface area contributed by atoms with Crippen LogP contribution in [-0.4, -0.2) is 42.6 Å². The molecule has 12 heteroatoms. The smallest absolute Gasteiger partial charge is 0.333 e. The van der Waals surface area contributed by atoms with Crippen LogP contribution in [-0.2, 0) is 26.2 Å². The van der Waals surface area contributed by atoms with Crippen LogP contribution in [0.1, 0.15) is 40.2 Å². The van der Waals surface area contributed by atoms with E-state index in [1.165, 1.54) is 23.0 Å². The van der Waals surface area contributed by atoms with Crippen molar-refractivity contribution in [3.05, 3.63) is 115 Å². The number of benzene rings is 3. The fourth-order valence-electron chi connectivity index (χ4n) is 5.56. The maximum Gasteiger partial charge on any atom is 0.333 e. The maximum absolute atomic E-state index is 14.9. The molecule has 9 nitrogen and oxygen atoms in total. The Labute approximate surface area is 265 Å². The number of ether oxygens (including phenoxy) is 1. The zero-order chi connectivity index (χ0) is 30.4. The van der Waals surface area contributed by atoms with Crippen LogP contribution in [0.3, 0.4) is 0 Å². The Bertz CT molecular complexity index is 1960. The lowest BCUT2D eigenvalue weighted by molar-refractivity contribution is 0.0940. The first kappa shape index (κ1) is 28.7. The molecule has 0 atom stereocenters. The standard InChI is InChI=1S/C32H27BrClFN6O3/c33-24-8-1-19(15-25(24)34)17-39-13-14-40-28(18-39)30(41(32(40)43)20-2-4-21(5-3-20)44-22-6-7-22)31(42)38-16-23-26(35)9-10-27-29(23)37-12-11-36-27/h1-5,8-12,15,22H,6-7,13-14,16-18H2,(H,38,42). The molecule has 0 bridgehead atoms. The normalized spacial score (nSPS) is 14.9. The minimum absolute atomic E-state index is 0.130. The minimum Gasteiger partial charge on any atom is -0.490 e. The first-order valence-electron chi connectivity index (χ1n) is 14.3. The molecule has 1 amide bonds. The second-order valence-corrected chi connectivity index (χ2v) is 12.2. The third-order valence-electron chi connectivity index (χ3n) is 7.90. The molecule has 2 aromatic heterocycles. The Hall–Kier alpha value is -4.06. The molecule has 0 spiro atoms. The van der Waals surface area contributed by atoms with E-state index in [0.29, 0.717) is 59.4 Å². The number of nitrogens with one attached hydrogen (secondary N) is 1. The molecule has 1 N–H and O–H groups in total. The first-order chi connectivity index (χ1) is 21.4. The van der Waals surface area contributed by atoms with Crippen LogP contribution in [0.5, 0.6) is 5.75 Å². The van der Waals surface area contributed by atoms with Gasteiger partial charge in [-0.2, -0.15) is 0 Å². The van der Waals surface area contributed by atoms with E-state index in [1.54, 1.807) is 22.8 Å². The number of fused-ring (bicyclic) bond motifs is 2. The molecule has 44 heavy (non-hydrogen) atoms. The van der Waals surface area contributed by atoms with Gasteiger partial charge in [0.2, 0.25) is 0 Å². The number of halogens is 3. The van der Waals surface area contributed by atoms with E-state index in [0.717, 1.165) is 22.9 Å². The highest BCUT2D eigenvalue weighted by atomic mass is 79.9. The quantitative estimate of drug-likeness (QED) is 0.229. The van der Waals surface area contributed by atoms with Crippen LogP contribution in [0.25, 0.3) is 16.7 Å². The van der Waals surface area contributed by atoms with E-state index in [1.807, 2.05) is 30.3 Å². The summed E-state index contributed by atoms with van der Waals surface area (Å²) >= 11 is 9.77. The number of carbonyl (C=O) groups is 1. The summed E-state index contributed by atoms with van der Waals surface area (Å²) in [5.41, 5.74) is 3.14. The molecule has 3 aromatic carbocycles. The molecule has 0 unspecified atom stereocenters. The number of hydrogen-bond acceptors (Lipinski definition) is 6. The number of amides is 1. The highest BCUT2D eigenvalue weighted by Gasteiger charge is 2.31.